The number of hydrogen-bond donors (Lipinski definition) is 0. The molecule has 3 heterocycles. The summed E-state index contributed by atoms with van der Waals surface area (Å²) in [5, 5.41) is 9.25. The number of halogens is 6. The Balaban J connectivity index is 1.39. The average Bonchev–Trinajstić information content (AvgIpc) is 3.42. The monoisotopic (exact) mass is 554 g/mol. The molecule has 4 atom stereocenters. The van der Waals surface area contributed by atoms with Crippen molar-refractivity contribution < 1.29 is 50.1 Å². The Bertz CT molecular complexity index is 1370. The number of rotatable bonds is 6. The van der Waals surface area contributed by atoms with Gasteiger partial charge in [-0.25, -0.2) is 4.90 Å². The number of carbonyl (C=O) groups is 2. The molecule has 206 valence electrons. The van der Waals surface area contributed by atoms with Gasteiger partial charge in [-0.3, -0.25) is 9.59 Å². The van der Waals surface area contributed by atoms with Crippen LogP contribution in [0, 0.1) is 23.2 Å². The molecule has 0 aliphatic carbocycles. The van der Waals surface area contributed by atoms with Crippen LogP contribution in [-0.2, 0) is 20.5 Å². The van der Waals surface area contributed by atoms with E-state index in [9.17, 15) is 41.2 Å². The molecule has 0 N–H and O–H groups in total. The zero-order valence-corrected chi connectivity index (χ0v) is 20.2. The van der Waals surface area contributed by atoms with Crippen LogP contribution in [0.5, 0.6) is 11.5 Å². The first-order chi connectivity index (χ1) is 18.2. The van der Waals surface area contributed by atoms with Crippen molar-refractivity contribution >= 4 is 17.5 Å². The fourth-order valence-corrected chi connectivity index (χ4v) is 6.04. The van der Waals surface area contributed by atoms with Crippen LogP contribution in [0.15, 0.2) is 42.5 Å². The number of ether oxygens (including phenoxy) is 3. The maximum absolute atomic E-state index is 13.9. The molecular weight excluding hydrogens is 534 g/mol. The lowest BCUT2D eigenvalue weighted by atomic mass is 9.67. The molecule has 2 aromatic carbocycles. The molecule has 4 unspecified atom stereocenters. The molecule has 2 aromatic rings. The van der Waals surface area contributed by atoms with Gasteiger partial charge in [0.2, 0.25) is 11.8 Å². The van der Waals surface area contributed by atoms with Crippen LogP contribution >= 0.6 is 0 Å². The van der Waals surface area contributed by atoms with Crippen molar-refractivity contribution in [2.45, 2.75) is 49.9 Å². The van der Waals surface area contributed by atoms with E-state index in [1.807, 2.05) is 0 Å². The highest BCUT2D eigenvalue weighted by atomic mass is 19.4. The van der Waals surface area contributed by atoms with Crippen molar-refractivity contribution in [3.05, 3.63) is 53.6 Å². The molecule has 5 rings (SSSR count). The van der Waals surface area contributed by atoms with Crippen molar-refractivity contribution in [1.29, 1.82) is 5.26 Å². The molecule has 0 aromatic heterocycles. The lowest BCUT2D eigenvalue weighted by Crippen LogP contribution is -2.43. The number of anilines is 1. The quantitative estimate of drug-likeness (QED) is 0.352. The predicted octanol–water partition coefficient (Wildman–Crippen LogP) is 5.37. The summed E-state index contributed by atoms with van der Waals surface area (Å²) < 4.78 is 94.6. The van der Waals surface area contributed by atoms with Gasteiger partial charge in [0.15, 0.2) is 0 Å². The van der Waals surface area contributed by atoms with E-state index in [1.165, 1.54) is 24.3 Å². The second-order valence-electron chi connectivity index (χ2n) is 9.87. The predicted molar refractivity (Wildman–Crippen MR) is 120 cm³/mol. The van der Waals surface area contributed by atoms with Gasteiger partial charge in [-0.2, -0.15) is 18.4 Å². The summed E-state index contributed by atoms with van der Waals surface area (Å²) in [6.07, 6.45) is -9.01. The Hall–Kier alpha value is -3.79. The molecule has 3 saturated heterocycles. The number of amides is 2. The lowest BCUT2D eigenvalue weighted by molar-refractivity contribution is -0.274. The van der Waals surface area contributed by atoms with E-state index in [0.717, 1.165) is 24.3 Å². The third-order valence-electron chi connectivity index (χ3n) is 7.55. The highest BCUT2D eigenvalue weighted by Gasteiger charge is 2.74. The second-order valence-corrected chi connectivity index (χ2v) is 9.87. The SMILES string of the molecule is CC12CCC(CCOc3ccc(OC(F)(F)F)cc3)(O1)C1C(=O)N(c3cccc(C#N)c3C(F)(F)F)C(=O)C12. The van der Waals surface area contributed by atoms with Gasteiger partial charge >= 0.3 is 12.5 Å². The third kappa shape index (κ3) is 4.46. The van der Waals surface area contributed by atoms with Crippen LogP contribution < -0.4 is 14.4 Å². The highest BCUT2D eigenvalue weighted by Crippen LogP contribution is 2.62. The van der Waals surface area contributed by atoms with Gasteiger partial charge in [-0.15, -0.1) is 13.2 Å². The molecule has 2 bridgehead atoms. The Labute approximate surface area is 217 Å². The van der Waals surface area contributed by atoms with Crippen molar-refractivity contribution in [3.63, 3.8) is 0 Å². The fraction of sp³-hybridized carbons (Fsp3) is 0.423. The van der Waals surface area contributed by atoms with Crippen LogP contribution in [0.1, 0.15) is 37.3 Å². The van der Waals surface area contributed by atoms with Crippen LogP contribution in [0.3, 0.4) is 0 Å². The van der Waals surface area contributed by atoms with Gasteiger partial charge in [-0.05, 0) is 56.2 Å². The molecule has 3 fully saturated rings. The Morgan fingerprint density at radius 2 is 1.64 bits per heavy atom. The van der Waals surface area contributed by atoms with Gasteiger partial charge in [0.05, 0.1) is 52.5 Å². The zero-order chi connectivity index (χ0) is 28.4. The normalized spacial score (nSPS) is 28.0. The van der Waals surface area contributed by atoms with E-state index >= 15 is 0 Å². The summed E-state index contributed by atoms with van der Waals surface area (Å²) in [5.74, 6) is -3.98. The standard InChI is InChI=1S/C26H20F6N2O5/c1-23-9-10-24(39-23,11-12-37-15-5-7-16(8-6-15)38-26(30,31)32)20-19(23)21(35)34(22(20)36)17-4-2-3-14(13-33)18(17)25(27,28)29/h2-8,19-20H,9-12H2,1H3. The van der Waals surface area contributed by atoms with Gasteiger partial charge in [0, 0.05) is 6.42 Å². The summed E-state index contributed by atoms with van der Waals surface area (Å²) in [4.78, 5) is 27.6. The number of hydrogen-bond acceptors (Lipinski definition) is 6. The van der Waals surface area contributed by atoms with E-state index in [-0.39, 0.29) is 18.8 Å². The summed E-state index contributed by atoms with van der Waals surface area (Å²) in [6.45, 7) is 1.60. The first-order valence-electron chi connectivity index (χ1n) is 11.9. The second kappa shape index (κ2) is 8.87. The molecule has 39 heavy (non-hydrogen) atoms. The average molecular weight is 554 g/mol. The van der Waals surface area contributed by atoms with Crippen molar-refractivity contribution in [2.24, 2.45) is 11.8 Å². The number of benzene rings is 2. The number of carbonyl (C=O) groups excluding carboxylic acids is 2. The number of imide groups is 1. The zero-order valence-electron chi connectivity index (χ0n) is 20.2. The van der Waals surface area contributed by atoms with Gasteiger partial charge < -0.3 is 14.2 Å². The Morgan fingerprint density at radius 3 is 2.26 bits per heavy atom. The number of nitriles is 1. The van der Waals surface area contributed by atoms with E-state index in [4.69, 9.17) is 9.47 Å². The minimum atomic E-state index is -4.99. The molecule has 0 spiro atoms. The minimum Gasteiger partial charge on any atom is -0.493 e. The molecule has 7 nitrogen and oxygen atoms in total. The molecule has 2 amide bonds. The summed E-state index contributed by atoms with van der Waals surface area (Å²) in [5.41, 5.74) is -5.04. The first kappa shape index (κ1) is 26.8. The summed E-state index contributed by atoms with van der Waals surface area (Å²) >= 11 is 0. The molecule has 0 saturated carbocycles. The van der Waals surface area contributed by atoms with Crippen molar-refractivity contribution in [3.8, 4) is 17.6 Å². The fourth-order valence-electron chi connectivity index (χ4n) is 6.04. The van der Waals surface area contributed by atoms with E-state index in [1.54, 1.807) is 6.92 Å². The third-order valence-corrected chi connectivity index (χ3v) is 7.55. The van der Waals surface area contributed by atoms with Crippen LogP contribution in [0.4, 0.5) is 32.0 Å². The van der Waals surface area contributed by atoms with E-state index in [2.05, 4.69) is 4.74 Å². The minimum absolute atomic E-state index is 0.0437. The van der Waals surface area contributed by atoms with Crippen LogP contribution in [0.2, 0.25) is 0 Å². The Morgan fingerprint density at radius 1 is 1.00 bits per heavy atom. The molecular formula is C26H20F6N2O5. The summed E-state index contributed by atoms with van der Waals surface area (Å²) in [7, 11) is 0. The number of alkyl halides is 6. The largest absolute Gasteiger partial charge is 0.573 e. The highest BCUT2D eigenvalue weighted by molar-refractivity contribution is 6.23. The van der Waals surface area contributed by atoms with Gasteiger partial charge in [0.25, 0.3) is 0 Å². The van der Waals surface area contributed by atoms with E-state index < -0.39 is 70.0 Å². The van der Waals surface area contributed by atoms with Gasteiger partial charge in [-0.1, -0.05) is 6.07 Å². The smallest absolute Gasteiger partial charge is 0.493 e. The van der Waals surface area contributed by atoms with Crippen LogP contribution in [0.25, 0.3) is 0 Å². The maximum atomic E-state index is 13.9. The molecule has 3 aliphatic heterocycles. The lowest BCUT2D eigenvalue weighted by Gasteiger charge is -2.31. The van der Waals surface area contributed by atoms with Gasteiger partial charge in [0.1, 0.15) is 11.5 Å². The topological polar surface area (TPSA) is 88.9 Å². The van der Waals surface area contributed by atoms with Crippen molar-refractivity contribution in [1.82, 2.24) is 0 Å². The molecule has 3 aliphatic rings. The van der Waals surface area contributed by atoms with E-state index in [0.29, 0.717) is 17.7 Å². The molecule has 13 heteroatoms. The molecule has 0 radical (unpaired) electrons. The maximum Gasteiger partial charge on any atom is 0.573 e. The van der Waals surface area contributed by atoms with Crippen molar-refractivity contribution in [2.75, 3.05) is 11.5 Å². The van der Waals surface area contributed by atoms with Crippen LogP contribution in [-0.4, -0.2) is 36.0 Å². The Kier molecular flexibility index (Phi) is 6.10. The number of fused-ring (bicyclic) bond motifs is 5. The first-order valence-corrected chi connectivity index (χ1v) is 11.9. The number of nitrogens with zero attached hydrogens (tertiary/aromatic N) is 2. The summed E-state index contributed by atoms with van der Waals surface area (Å²) in [6, 6.07) is 9.29.